The summed E-state index contributed by atoms with van der Waals surface area (Å²) in [6.45, 7) is 0. The molecular weight excluding hydrogens is 489 g/mol. The van der Waals surface area contributed by atoms with Gasteiger partial charge in [0.25, 0.3) is 0 Å². The standard InChI is InChI=1S/C11H8N2O2S.C10H5Cl2N3S/c1-16-10-3-7-6(5-13-10)2-9(14)8(4-12)11(7)15;1-16-8-2-5-7(4-14-8)15-10(12)6(3-13)9(5)11/h3,5,15H,2H2,1H3;2,4H,1H3. The monoisotopic (exact) mass is 501 g/mol. The maximum Gasteiger partial charge on any atom is 0.181 e. The number of hydrogen-bond donors (Lipinski definition) is 1. The molecule has 0 bridgehead atoms. The van der Waals surface area contributed by atoms with Gasteiger partial charge >= 0.3 is 0 Å². The van der Waals surface area contributed by atoms with Crippen molar-refractivity contribution in [3.63, 3.8) is 0 Å². The number of nitrogens with zero attached hydrogens (tertiary/aromatic N) is 5. The molecule has 1 N–H and O–H groups in total. The van der Waals surface area contributed by atoms with E-state index in [1.165, 1.54) is 23.5 Å². The van der Waals surface area contributed by atoms with Gasteiger partial charge in [-0.05, 0) is 30.2 Å². The van der Waals surface area contributed by atoms with Crippen molar-refractivity contribution < 1.29 is 9.90 Å². The summed E-state index contributed by atoms with van der Waals surface area (Å²) >= 11 is 14.9. The Balaban J connectivity index is 0.000000181. The Morgan fingerprint density at radius 1 is 1.06 bits per heavy atom. The van der Waals surface area contributed by atoms with Gasteiger partial charge in [0.15, 0.2) is 5.78 Å². The first-order valence-corrected chi connectivity index (χ1v) is 12.0. The molecule has 3 aromatic rings. The zero-order valence-corrected chi connectivity index (χ0v) is 19.8. The highest BCUT2D eigenvalue weighted by Crippen LogP contribution is 2.31. The van der Waals surface area contributed by atoms with Crippen molar-refractivity contribution in [2.45, 2.75) is 16.5 Å². The van der Waals surface area contributed by atoms with Crippen molar-refractivity contribution in [1.29, 1.82) is 10.5 Å². The van der Waals surface area contributed by atoms with Gasteiger partial charge in [0.05, 0.1) is 26.8 Å². The molecule has 0 saturated heterocycles. The Morgan fingerprint density at radius 2 is 1.72 bits per heavy atom. The van der Waals surface area contributed by atoms with E-state index in [4.69, 9.17) is 33.7 Å². The maximum atomic E-state index is 11.5. The molecule has 1 aliphatic rings. The van der Waals surface area contributed by atoms with Gasteiger partial charge in [-0.25, -0.2) is 15.0 Å². The first kappa shape index (κ1) is 23.8. The minimum absolute atomic E-state index is 0.110. The average molecular weight is 502 g/mol. The molecule has 1 aliphatic carbocycles. The number of pyridine rings is 3. The number of rotatable bonds is 2. The fourth-order valence-electron chi connectivity index (χ4n) is 2.87. The maximum absolute atomic E-state index is 11.5. The minimum atomic E-state index is -0.355. The number of allylic oxidation sites excluding steroid dienone is 1. The number of fused-ring (bicyclic) bond motifs is 2. The van der Waals surface area contributed by atoms with Crippen LogP contribution in [0.25, 0.3) is 16.7 Å². The fourth-order valence-corrected chi connectivity index (χ4v) is 4.22. The SMILES string of the molecule is CSc1cc2c(Cl)c(C#N)c(Cl)nc2cn1.CSc1cc2c(cn1)CC(=O)C(C#N)=C2O. The second kappa shape index (κ2) is 10.2. The van der Waals surface area contributed by atoms with Crippen molar-refractivity contribution in [3.05, 3.63) is 57.0 Å². The highest BCUT2D eigenvalue weighted by Gasteiger charge is 2.25. The predicted molar refractivity (Wildman–Crippen MR) is 126 cm³/mol. The molecule has 160 valence electrons. The summed E-state index contributed by atoms with van der Waals surface area (Å²) in [5.41, 5.74) is 1.83. The van der Waals surface area contributed by atoms with Crippen LogP contribution in [-0.2, 0) is 11.2 Å². The van der Waals surface area contributed by atoms with E-state index >= 15 is 0 Å². The molecular formula is C21H13Cl2N5O2S2. The van der Waals surface area contributed by atoms with Crippen LogP contribution in [0.5, 0.6) is 0 Å². The molecule has 7 nitrogen and oxygen atoms in total. The van der Waals surface area contributed by atoms with Gasteiger partial charge < -0.3 is 5.11 Å². The van der Waals surface area contributed by atoms with E-state index in [0.29, 0.717) is 27.1 Å². The number of carbonyl (C=O) groups excluding carboxylic acids is 1. The topological polar surface area (TPSA) is 124 Å². The van der Waals surface area contributed by atoms with Gasteiger partial charge in [-0.15, -0.1) is 23.5 Å². The Kier molecular flexibility index (Phi) is 7.60. The van der Waals surface area contributed by atoms with Crippen LogP contribution in [0.3, 0.4) is 0 Å². The van der Waals surface area contributed by atoms with Crippen LogP contribution in [-0.4, -0.2) is 38.4 Å². The lowest BCUT2D eigenvalue weighted by atomic mass is 9.92. The molecule has 4 rings (SSSR count). The molecule has 11 heteroatoms. The molecule has 0 radical (unpaired) electrons. The number of aliphatic hydroxyl groups is 1. The molecule has 0 aromatic carbocycles. The lowest BCUT2D eigenvalue weighted by molar-refractivity contribution is -0.114. The lowest BCUT2D eigenvalue weighted by Crippen LogP contribution is -2.15. The number of aliphatic hydroxyl groups excluding tert-OH is 1. The molecule has 0 unspecified atom stereocenters. The zero-order chi connectivity index (χ0) is 23.4. The molecule has 0 atom stereocenters. The average Bonchev–Trinajstić information content (AvgIpc) is 2.80. The molecule has 0 saturated carbocycles. The summed E-state index contributed by atoms with van der Waals surface area (Å²) in [6, 6.07) is 7.17. The van der Waals surface area contributed by atoms with Crippen LogP contribution in [0.15, 0.2) is 40.2 Å². The van der Waals surface area contributed by atoms with E-state index in [0.717, 1.165) is 10.1 Å². The molecule has 0 amide bonds. The Labute approximate surface area is 202 Å². The Hall–Kier alpha value is -2.82. The van der Waals surface area contributed by atoms with Crippen molar-refractivity contribution in [1.82, 2.24) is 15.0 Å². The van der Waals surface area contributed by atoms with Crippen LogP contribution in [0.4, 0.5) is 0 Å². The van der Waals surface area contributed by atoms with Gasteiger partial charge in [-0.2, -0.15) is 10.5 Å². The van der Waals surface area contributed by atoms with Crippen LogP contribution in [0.1, 0.15) is 16.7 Å². The second-order valence-electron chi connectivity index (χ2n) is 6.27. The van der Waals surface area contributed by atoms with Gasteiger partial charge in [-0.3, -0.25) is 4.79 Å². The van der Waals surface area contributed by atoms with Crippen molar-refractivity contribution in [2.24, 2.45) is 0 Å². The lowest BCUT2D eigenvalue weighted by Gasteiger charge is -2.15. The van der Waals surface area contributed by atoms with E-state index in [2.05, 4.69) is 15.0 Å². The van der Waals surface area contributed by atoms with Crippen LogP contribution >= 0.6 is 46.7 Å². The van der Waals surface area contributed by atoms with Crippen LogP contribution in [0.2, 0.25) is 10.2 Å². The molecule has 3 aromatic heterocycles. The Morgan fingerprint density at radius 3 is 2.34 bits per heavy atom. The van der Waals surface area contributed by atoms with Gasteiger partial charge in [0, 0.05) is 23.6 Å². The summed E-state index contributed by atoms with van der Waals surface area (Å²) in [7, 11) is 0. The number of hydrogen-bond acceptors (Lipinski definition) is 9. The number of aromatic nitrogens is 3. The zero-order valence-electron chi connectivity index (χ0n) is 16.7. The van der Waals surface area contributed by atoms with Gasteiger partial charge in [0.2, 0.25) is 0 Å². The molecule has 32 heavy (non-hydrogen) atoms. The molecule has 0 aliphatic heterocycles. The number of Topliss-reactive ketones (excluding diaryl/α,β-unsaturated/α-hetero) is 1. The van der Waals surface area contributed by atoms with E-state index < -0.39 is 0 Å². The van der Waals surface area contributed by atoms with Crippen molar-refractivity contribution >= 4 is 69.2 Å². The van der Waals surface area contributed by atoms with E-state index in [1.807, 2.05) is 18.6 Å². The number of nitriles is 2. The molecule has 3 heterocycles. The largest absolute Gasteiger partial charge is 0.506 e. The number of carbonyl (C=O) groups is 1. The first-order valence-electron chi connectivity index (χ1n) is 8.83. The van der Waals surface area contributed by atoms with Gasteiger partial charge in [0.1, 0.15) is 34.2 Å². The molecule has 0 spiro atoms. The van der Waals surface area contributed by atoms with E-state index in [-0.39, 0.29) is 34.3 Å². The fraction of sp³-hybridized carbons (Fsp3) is 0.143. The number of halogens is 2. The Bertz CT molecular complexity index is 1360. The number of ketones is 1. The second-order valence-corrected chi connectivity index (χ2v) is 8.66. The first-order chi connectivity index (χ1) is 15.3. The van der Waals surface area contributed by atoms with E-state index in [1.54, 1.807) is 30.6 Å². The van der Waals surface area contributed by atoms with E-state index in [9.17, 15) is 9.90 Å². The summed E-state index contributed by atoms with van der Waals surface area (Å²) < 4.78 is 0. The number of thioether (sulfide) groups is 2. The predicted octanol–water partition coefficient (Wildman–Crippen LogP) is 5.25. The quantitative estimate of drug-likeness (QED) is 0.370. The van der Waals surface area contributed by atoms with Gasteiger partial charge in [-0.1, -0.05) is 23.2 Å². The summed E-state index contributed by atoms with van der Waals surface area (Å²) in [5, 5.41) is 30.2. The minimum Gasteiger partial charge on any atom is -0.506 e. The third-order valence-corrected chi connectivity index (χ3v) is 6.41. The third kappa shape index (κ3) is 4.67. The highest BCUT2D eigenvalue weighted by molar-refractivity contribution is 7.98. The third-order valence-electron chi connectivity index (χ3n) is 4.46. The molecule has 0 fully saturated rings. The van der Waals surface area contributed by atoms with Crippen LogP contribution < -0.4 is 0 Å². The smallest absolute Gasteiger partial charge is 0.181 e. The van der Waals surface area contributed by atoms with Crippen molar-refractivity contribution in [2.75, 3.05) is 12.5 Å². The summed E-state index contributed by atoms with van der Waals surface area (Å²) in [4.78, 5) is 23.8. The highest BCUT2D eigenvalue weighted by atomic mass is 35.5. The summed E-state index contributed by atoms with van der Waals surface area (Å²) in [5.74, 6) is -0.586. The van der Waals surface area contributed by atoms with Crippen LogP contribution in [0, 0.1) is 22.7 Å². The summed E-state index contributed by atoms with van der Waals surface area (Å²) in [6.07, 6.45) is 7.08. The van der Waals surface area contributed by atoms with Crippen molar-refractivity contribution in [3.8, 4) is 12.1 Å². The normalized spacial score (nSPS) is 12.5.